The number of amides is 1. The van der Waals surface area contributed by atoms with E-state index in [-0.39, 0.29) is 24.2 Å². The summed E-state index contributed by atoms with van der Waals surface area (Å²) in [5.41, 5.74) is 4.26. The molecule has 0 N–H and O–H groups in total. The third-order valence-electron chi connectivity index (χ3n) is 6.85. The van der Waals surface area contributed by atoms with Gasteiger partial charge in [-0.25, -0.2) is 14.8 Å². The Balaban J connectivity index is 1.52. The van der Waals surface area contributed by atoms with Gasteiger partial charge in [-0.1, -0.05) is 0 Å². The summed E-state index contributed by atoms with van der Waals surface area (Å²) < 4.78 is 8.25. The van der Waals surface area contributed by atoms with Gasteiger partial charge in [0, 0.05) is 59.0 Å². The number of nitrogens with zero attached hydrogens (tertiary/aromatic N) is 7. The molecule has 0 aromatic carbocycles. The third-order valence-corrected chi connectivity index (χ3v) is 6.85. The molecular formula is C26H29N7O4. The summed E-state index contributed by atoms with van der Waals surface area (Å²) in [6, 6.07) is 7.63. The number of hydrogen-bond acceptors (Lipinski definition) is 8. The Hall–Kier alpha value is -4.28. The van der Waals surface area contributed by atoms with Crippen LogP contribution in [0.4, 0.5) is 5.82 Å². The first-order valence-electron chi connectivity index (χ1n) is 12.2. The SMILES string of the molecule is CC(=O)OCC(=O)N1CCC(n2c(=O)n(C)c3cnc4ccc(-c5ccc(N(C)C)nc5)nc4c32)CC1. The minimum Gasteiger partial charge on any atom is -0.456 e. The van der Waals surface area contributed by atoms with Crippen LogP contribution in [-0.4, -0.2) is 74.7 Å². The molecule has 11 nitrogen and oxygen atoms in total. The van der Waals surface area contributed by atoms with Gasteiger partial charge in [0.25, 0.3) is 5.91 Å². The Bertz CT molecular complexity index is 1550. The van der Waals surface area contributed by atoms with Crippen molar-refractivity contribution < 1.29 is 14.3 Å². The maximum Gasteiger partial charge on any atom is 0.329 e. The number of likely N-dealkylation sites (tertiary alicyclic amines) is 1. The van der Waals surface area contributed by atoms with Gasteiger partial charge in [0.15, 0.2) is 6.61 Å². The second-order valence-electron chi connectivity index (χ2n) is 9.46. The number of esters is 1. The summed E-state index contributed by atoms with van der Waals surface area (Å²) in [5.74, 6) is 0.138. The van der Waals surface area contributed by atoms with Gasteiger partial charge < -0.3 is 14.5 Å². The van der Waals surface area contributed by atoms with Gasteiger partial charge in [0.1, 0.15) is 11.3 Å². The number of piperidine rings is 1. The highest BCUT2D eigenvalue weighted by molar-refractivity contribution is 6.00. The van der Waals surface area contributed by atoms with Crippen LogP contribution in [0, 0.1) is 0 Å². The van der Waals surface area contributed by atoms with Gasteiger partial charge in [-0.2, -0.15) is 0 Å². The number of pyridine rings is 3. The number of carbonyl (C=O) groups excluding carboxylic acids is 2. The van der Waals surface area contributed by atoms with Crippen LogP contribution in [0.2, 0.25) is 0 Å². The lowest BCUT2D eigenvalue weighted by molar-refractivity contribution is -0.150. The first-order chi connectivity index (χ1) is 17.7. The summed E-state index contributed by atoms with van der Waals surface area (Å²) in [6.45, 7) is 1.96. The molecule has 1 aliphatic rings. The molecule has 1 fully saturated rings. The van der Waals surface area contributed by atoms with Crippen molar-refractivity contribution >= 4 is 39.8 Å². The van der Waals surface area contributed by atoms with Crippen molar-refractivity contribution in [2.24, 2.45) is 7.05 Å². The van der Waals surface area contributed by atoms with E-state index < -0.39 is 5.97 Å². The molecule has 0 aliphatic carbocycles. The Labute approximate surface area is 213 Å². The first-order valence-corrected chi connectivity index (χ1v) is 12.2. The van der Waals surface area contributed by atoms with E-state index in [0.29, 0.717) is 42.5 Å². The van der Waals surface area contributed by atoms with Crippen LogP contribution in [0.1, 0.15) is 25.8 Å². The lowest BCUT2D eigenvalue weighted by Gasteiger charge is -2.32. The van der Waals surface area contributed by atoms with E-state index in [0.717, 1.165) is 22.6 Å². The standard InChI is InChI=1S/C26H29N7O4/c1-16(34)37-15-23(35)32-11-9-18(10-12-32)33-25-21(31(4)26(33)36)14-27-20-7-6-19(29-24(20)25)17-5-8-22(28-13-17)30(2)3/h5-8,13-14,18H,9-12,15H2,1-4H3. The van der Waals surface area contributed by atoms with E-state index in [2.05, 4.69) is 9.97 Å². The monoisotopic (exact) mass is 503 g/mol. The fourth-order valence-corrected chi connectivity index (χ4v) is 4.82. The number of aromatic nitrogens is 5. The second-order valence-corrected chi connectivity index (χ2v) is 9.46. The average molecular weight is 504 g/mol. The summed E-state index contributed by atoms with van der Waals surface area (Å²) in [6.07, 6.45) is 4.70. The molecule has 5 heterocycles. The average Bonchev–Trinajstić information content (AvgIpc) is 3.17. The summed E-state index contributed by atoms with van der Waals surface area (Å²) in [4.78, 5) is 54.4. The van der Waals surface area contributed by atoms with Crippen LogP contribution < -0.4 is 10.6 Å². The van der Waals surface area contributed by atoms with Gasteiger partial charge in [-0.15, -0.1) is 0 Å². The number of aryl methyl sites for hydroxylation is 1. The van der Waals surface area contributed by atoms with E-state index in [9.17, 15) is 14.4 Å². The Morgan fingerprint density at radius 1 is 1.08 bits per heavy atom. The van der Waals surface area contributed by atoms with E-state index in [4.69, 9.17) is 9.72 Å². The Kier molecular flexibility index (Phi) is 6.36. The molecule has 4 aromatic heterocycles. The molecule has 0 unspecified atom stereocenters. The van der Waals surface area contributed by atoms with Crippen molar-refractivity contribution in [3.63, 3.8) is 0 Å². The van der Waals surface area contributed by atoms with Crippen LogP contribution in [0.5, 0.6) is 0 Å². The van der Waals surface area contributed by atoms with Crippen molar-refractivity contribution in [2.75, 3.05) is 38.7 Å². The lowest BCUT2D eigenvalue weighted by atomic mass is 10.0. The number of ether oxygens (including phenoxy) is 1. The smallest absolute Gasteiger partial charge is 0.329 e. The highest BCUT2D eigenvalue weighted by Gasteiger charge is 2.28. The van der Waals surface area contributed by atoms with Crippen molar-refractivity contribution in [3.05, 3.63) is 47.1 Å². The number of fused-ring (bicyclic) bond motifs is 3. The Morgan fingerprint density at radius 2 is 1.84 bits per heavy atom. The molecule has 0 bridgehead atoms. The fraction of sp³-hybridized carbons (Fsp3) is 0.385. The van der Waals surface area contributed by atoms with Gasteiger partial charge >= 0.3 is 11.7 Å². The zero-order valence-electron chi connectivity index (χ0n) is 21.3. The second kappa shape index (κ2) is 9.64. The quantitative estimate of drug-likeness (QED) is 0.381. The normalized spacial score (nSPS) is 14.3. The zero-order chi connectivity index (χ0) is 26.3. The summed E-state index contributed by atoms with van der Waals surface area (Å²) >= 11 is 0. The summed E-state index contributed by atoms with van der Waals surface area (Å²) in [7, 11) is 5.61. The van der Waals surface area contributed by atoms with E-state index in [1.807, 2.05) is 43.3 Å². The van der Waals surface area contributed by atoms with Crippen LogP contribution in [-0.2, 0) is 21.4 Å². The van der Waals surface area contributed by atoms with Crippen LogP contribution >= 0.6 is 0 Å². The number of carbonyl (C=O) groups is 2. The first kappa shape index (κ1) is 24.4. The molecule has 0 saturated carbocycles. The molecule has 1 amide bonds. The molecular weight excluding hydrogens is 474 g/mol. The summed E-state index contributed by atoms with van der Waals surface area (Å²) in [5, 5.41) is 0. The van der Waals surface area contributed by atoms with Crippen molar-refractivity contribution in [1.29, 1.82) is 0 Å². The molecule has 11 heteroatoms. The molecule has 0 atom stereocenters. The molecule has 4 aromatic rings. The van der Waals surface area contributed by atoms with Gasteiger partial charge in [-0.05, 0) is 37.1 Å². The molecule has 1 saturated heterocycles. The third kappa shape index (κ3) is 4.52. The number of anilines is 1. The lowest BCUT2D eigenvalue weighted by Crippen LogP contribution is -2.42. The van der Waals surface area contributed by atoms with Crippen molar-refractivity contribution in [3.8, 4) is 11.3 Å². The molecule has 192 valence electrons. The fourth-order valence-electron chi connectivity index (χ4n) is 4.82. The van der Waals surface area contributed by atoms with Gasteiger partial charge in [0.2, 0.25) is 0 Å². The van der Waals surface area contributed by atoms with E-state index in [1.54, 1.807) is 33.5 Å². The maximum atomic E-state index is 13.4. The maximum absolute atomic E-state index is 13.4. The zero-order valence-corrected chi connectivity index (χ0v) is 21.3. The van der Waals surface area contributed by atoms with Gasteiger partial charge in [-0.3, -0.25) is 23.7 Å². The van der Waals surface area contributed by atoms with Crippen LogP contribution in [0.25, 0.3) is 33.3 Å². The topological polar surface area (TPSA) is 115 Å². The minimum atomic E-state index is -0.484. The van der Waals surface area contributed by atoms with Crippen LogP contribution in [0.15, 0.2) is 41.5 Å². The predicted molar refractivity (Wildman–Crippen MR) is 139 cm³/mol. The van der Waals surface area contributed by atoms with Crippen molar-refractivity contribution in [1.82, 2.24) is 29.0 Å². The van der Waals surface area contributed by atoms with E-state index in [1.165, 1.54) is 6.92 Å². The minimum absolute atomic E-state index is 0.105. The molecule has 0 spiro atoms. The molecule has 1 aliphatic heterocycles. The van der Waals surface area contributed by atoms with Crippen LogP contribution in [0.3, 0.4) is 0 Å². The predicted octanol–water partition coefficient (Wildman–Crippen LogP) is 2.14. The largest absolute Gasteiger partial charge is 0.456 e. The van der Waals surface area contributed by atoms with E-state index >= 15 is 0 Å². The highest BCUT2D eigenvalue weighted by atomic mass is 16.5. The van der Waals surface area contributed by atoms with Gasteiger partial charge in [0.05, 0.1) is 28.4 Å². The highest BCUT2D eigenvalue weighted by Crippen LogP contribution is 2.30. The molecule has 37 heavy (non-hydrogen) atoms. The Morgan fingerprint density at radius 3 is 2.49 bits per heavy atom. The number of hydrogen-bond donors (Lipinski definition) is 0. The molecule has 5 rings (SSSR count). The molecule has 0 radical (unpaired) electrons. The number of imidazole rings is 1. The number of rotatable bonds is 5. The van der Waals surface area contributed by atoms with Crippen molar-refractivity contribution in [2.45, 2.75) is 25.8 Å².